The minimum absolute atomic E-state index is 0.0814. The summed E-state index contributed by atoms with van der Waals surface area (Å²) < 4.78 is 19.4. The van der Waals surface area contributed by atoms with E-state index in [0.29, 0.717) is 35.6 Å². The van der Waals surface area contributed by atoms with Crippen molar-refractivity contribution in [2.45, 2.75) is 26.1 Å². The van der Waals surface area contributed by atoms with Crippen LogP contribution < -0.4 is 9.80 Å². The number of ether oxygens (including phenoxy) is 1. The van der Waals surface area contributed by atoms with Gasteiger partial charge in [-0.15, -0.1) is 0 Å². The molecule has 162 valence electrons. The molecule has 0 N–H and O–H groups in total. The van der Waals surface area contributed by atoms with Crippen LogP contribution in [0.5, 0.6) is 0 Å². The third-order valence-corrected chi connectivity index (χ3v) is 5.55. The fourth-order valence-electron chi connectivity index (χ4n) is 4.18. The first kappa shape index (κ1) is 21.1. The highest BCUT2D eigenvalue weighted by Gasteiger charge is 2.43. The predicted octanol–water partition coefficient (Wildman–Crippen LogP) is 3.29. The number of morpholine rings is 1. The van der Waals surface area contributed by atoms with Crippen molar-refractivity contribution in [1.29, 1.82) is 0 Å². The fraction of sp³-hybridized carbons (Fsp3) is 0.333. The highest BCUT2D eigenvalue weighted by Crippen LogP contribution is 2.36. The number of imide groups is 1. The first-order valence-electron chi connectivity index (χ1n) is 10.3. The van der Waals surface area contributed by atoms with Gasteiger partial charge in [-0.2, -0.15) is 0 Å². The highest BCUT2D eigenvalue weighted by atomic mass is 19.1. The van der Waals surface area contributed by atoms with Crippen molar-refractivity contribution in [2.75, 3.05) is 37.0 Å². The normalized spacial score (nSPS) is 21.8. The van der Waals surface area contributed by atoms with E-state index < -0.39 is 11.7 Å². The van der Waals surface area contributed by atoms with Gasteiger partial charge >= 0.3 is 0 Å². The molecule has 2 aliphatic heterocycles. The lowest BCUT2D eigenvalue weighted by Gasteiger charge is -2.37. The van der Waals surface area contributed by atoms with Crippen LogP contribution in [0.25, 0.3) is 5.57 Å². The second-order valence-corrected chi connectivity index (χ2v) is 8.25. The molecule has 31 heavy (non-hydrogen) atoms. The summed E-state index contributed by atoms with van der Waals surface area (Å²) in [6.07, 6.45) is -0.163. The van der Waals surface area contributed by atoms with E-state index in [1.54, 1.807) is 24.3 Å². The van der Waals surface area contributed by atoms with Gasteiger partial charge in [-0.1, -0.05) is 12.1 Å². The van der Waals surface area contributed by atoms with Gasteiger partial charge in [0, 0.05) is 32.9 Å². The lowest BCUT2D eigenvalue weighted by Crippen LogP contribution is -2.47. The number of carbonyl (C=O) groups is 2. The largest absolute Gasteiger partial charge is 0.378 e. The Labute approximate surface area is 181 Å². The van der Waals surface area contributed by atoms with E-state index in [4.69, 9.17) is 4.74 Å². The topological polar surface area (TPSA) is 53.1 Å². The smallest absolute Gasteiger partial charge is 0.282 e. The van der Waals surface area contributed by atoms with Crippen LogP contribution in [0.3, 0.4) is 0 Å². The number of hydrogen-bond donors (Lipinski definition) is 0. The van der Waals surface area contributed by atoms with Gasteiger partial charge in [0.15, 0.2) is 0 Å². The molecule has 0 aliphatic carbocycles. The maximum Gasteiger partial charge on any atom is 0.282 e. The average molecular weight is 423 g/mol. The number of anilines is 2. The Morgan fingerprint density at radius 2 is 1.48 bits per heavy atom. The average Bonchev–Trinajstić information content (AvgIpc) is 2.98. The fourth-order valence-corrected chi connectivity index (χ4v) is 4.18. The second kappa shape index (κ2) is 8.15. The van der Waals surface area contributed by atoms with Crippen LogP contribution >= 0.6 is 0 Å². The third-order valence-electron chi connectivity index (χ3n) is 5.55. The molecule has 6 nitrogen and oxygen atoms in total. The van der Waals surface area contributed by atoms with Gasteiger partial charge in [0.1, 0.15) is 11.5 Å². The monoisotopic (exact) mass is 423 g/mol. The number of hydrogen-bond acceptors (Lipinski definition) is 5. The number of halogens is 1. The number of amides is 2. The molecule has 0 spiro atoms. The van der Waals surface area contributed by atoms with Gasteiger partial charge in [0.25, 0.3) is 11.8 Å². The third kappa shape index (κ3) is 3.93. The zero-order valence-electron chi connectivity index (χ0n) is 18.1. The van der Waals surface area contributed by atoms with Crippen molar-refractivity contribution in [3.8, 4) is 0 Å². The summed E-state index contributed by atoms with van der Waals surface area (Å²) in [5.41, 5.74) is 2.63. The molecule has 0 aromatic heterocycles. The van der Waals surface area contributed by atoms with Gasteiger partial charge in [-0.05, 0) is 55.8 Å². The maximum atomic E-state index is 13.6. The Balaban J connectivity index is 1.79. The summed E-state index contributed by atoms with van der Waals surface area (Å²) in [6.45, 7) is 4.88. The zero-order valence-corrected chi connectivity index (χ0v) is 18.1. The maximum absolute atomic E-state index is 13.6. The number of rotatable bonds is 4. The molecule has 2 aromatic carbocycles. The van der Waals surface area contributed by atoms with Gasteiger partial charge in [0.05, 0.1) is 23.5 Å². The lowest BCUT2D eigenvalue weighted by molar-refractivity contribution is -0.121. The van der Waals surface area contributed by atoms with Crippen LogP contribution in [0.1, 0.15) is 19.4 Å². The molecular formula is C24H26FN3O3. The molecule has 0 saturated carbocycles. The summed E-state index contributed by atoms with van der Waals surface area (Å²) in [5, 5.41) is 0. The highest BCUT2D eigenvalue weighted by molar-refractivity contribution is 6.45. The van der Waals surface area contributed by atoms with Gasteiger partial charge in [0.2, 0.25) is 0 Å². The Bertz CT molecular complexity index is 1020. The van der Waals surface area contributed by atoms with Crippen LogP contribution in [0.15, 0.2) is 54.2 Å². The van der Waals surface area contributed by atoms with E-state index in [9.17, 15) is 14.0 Å². The van der Waals surface area contributed by atoms with Crippen LogP contribution in [-0.4, -0.2) is 56.1 Å². The summed E-state index contributed by atoms with van der Waals surface area (Å²) >= 11 is 0. The molecule has 1 fully saturated rings. The van der Waals surface area contributed by atoms with E-state index in [1.807, 2.05) is 49.9 Å². The van der Waals surface area contributed by atoms with Crippen molar-refractivity contribution < 1.29 is 18.7 Å². The molecule has 2 heterocycles. The molecule has 2 amide bonds. The molecular weight excluding hydrogens is 397 g/mol. The molecule has 2 atom stereocenters. The number of benzene rings is 2. The van der Waals surface area contributed by atoms with E-state index in [0.717, 1.165) is 5.69 Å². The summed E-state index contributed by atoms with van der Waals surface area (Å²) in [4.78, 5) is 32.2. The number of carbonyl (C=O) groups excluding carboxylic acids is 2. The summed E-state index contributed by atoms with van der Waals surface area (Å²) in [5.74, 6) is -1.17. The van der Waals surface area contributed by atoms with Crippen molar-refractivity contribution >= 4 is 28.8 Å². The van der Waals surface area contributed by atoms with E-state index >= 15 is 0 Å². The molecule has 2 unspecified atom stereocenters. The molecule has 4 rings (SSSR count). The van der Waals surface area contributed by atoms with Gasteiger partial charge < -0.3 is 14.5 Å². The second-order valence-electron chi connectivity index (χ2n) is 8.25. The summed E-state index contributed by atoms with van der Waals surface area (Å²) in [6, 6.07) is 13.0. The SMILES string of the molecule is CC1CN(C2=C(c3ccc(F)cc3)C(=O)N(c3ccc(N(C)C)cc3)C2=O)CC(C)O1. The molecule has 7 heteroatoms. The van der Waals surface area contributed by atoms with Gasteiger partial charge in [-0.25, -0.2) is 9.29 Å². The molecule has 2 aromatic rings. The molecule has 0 radical (unpaired) electrons. The summed E-state index contributed by atoms with van der Waals surface area (Å²) in [7, 11) is 3.85. The molecule has 0 bridgehead atoms. The Hall–Kier alpha value is -3.19. The minimum atomic E-state index is -0.406. The lowest BCUT2D eigenvalue weighted by atomic mass is 10.0. The molecule has 1 saturated heterocycles. The van der Waals surface area contributed by atoms with Crippen molar-refractivity contribution in [1.82, 2.24) is 4.90 Å². The van der Waals surface area contributed by atoms with Gasteiger partial charge in [-0.3, -0.25) is 9.59 Å². The number of nitrogens with zero attached hydrogens (tertiary/aromatic N) is 3. The van der Waals surface area contributed by atoms with Crippen LogP contribution in [0.4, 0.5) is 15.8 Å². The van der Waals surface area contributed by atoms with Crippen molar-refractivity contribution in [2.24, 2.45) is 0 Å². The first-order valence-corrected chi connectivity index (χ1v) is 10.3. The Morgan fingerprint density at radius 3 is 2.03 bits per heavy atom. The Morgan fingerprint density at radius 1 is 0.903 bits per heavy atom. The Kier molecular flexibility index (Phi) is 5.54. The minimum Gasteiger partial charge on any atom is -0.378 e. The van der Waals surface area contributed by atoms with Crippen molar-refractivity contribution in [3.63, 3.8) is 0 Å². The quantitative estimate of drug-likeness (QED) is 0.707. The van der Waals surface area contributed by atoms with Crippen LogP contribution in [-0.2, 0) is 14.3 Å². The van der Waals surface area contributed by atoms with E-state index in [2.05, 4.69) is 0 Å². The first-order chi connectivity index (χ1) is 14.8. The van der Waals surface area contributed by atoms with E-state index in [-0.39, 0.29) is 18.1 Å². The van der Waals surface area contributed by atoms with Crippen molar-refractivity contribution in [3.05, 3.63) is 65.6 Å². The van der Waals surface area contributed by atoms with Crippen LogP contribution in [0, 0.1) is 5.82 Å². The van der Waals surface area contributed by atoms with Crippen LogP contribution in [0.2, 0.25) is 0 Å². The standard InChI is InChI=1S/C24H26FN3O3/c1-15-13-27(14-16(2)31-15)22-21(17-5-7-18(25)8-6-17)23(29)28(24(22)30)20-11-9-19(10-12-20)26(3)4/h5-12,15-16H,13-14H2,1-4H3. The van der Waals surface area contributed by atoms with E-state index in [1.165, 1.54) is 17.0 Å². The zero-order chi connectivity index (χ0) is 22.3. The predicted molar refractivity (Wildman–Crippen MR) is 118 cm³/mol. The molecule has 2 aliphatic rings.